The molecule has 0 aliphatic carbocycles. The molecule has 0 atom stereocenters. The van der Waals surface area contributed by atoms with Gasteiger partial charge in [0.2, 0.25) is 5.91 Å². The van der Waals surface area contributed by atoms with Crippen molar-refractivity contribution in [3.8, 4) is 28.4 Å². The third kappa shape index (κ3) is 5.17. The molecule has 36 heavy (non-hydrogen) atoms. The summed E-state index contributed by atoms with van der Waals surface area (Å²) in [4.78, 5) is 27.6. The van der Waals surface area contributed by atoms with Crippen LogP contribution >= 0.6 is 0 Å². The zero-order valence-corrected chi connectivity index (χ0v) is 19.3. The third-order valence-electron chi connectivity index (χ3n) is 5.19. The number of carbonyl (C=O) groups excluding carboxylic acids is 2. The quantitative estimate of drug-likeness (QED) is 0.364. The maximum Gasteiger partial charge on any atom is 0.262 e. The largest absolute Gasteiger partial charge is 0.484 e. The fraction of sp³-hybridized carbons (Fsp3) is 0.0769. The van der Waals surface area contributed by atoms with Crippen LogP contribution in [0.2, 0.25) is 0 Å². The molecule has 2 amide bonds. The predicted octanol–water partition coefficient (Wildman–Crippen LogP) is 3.83. The average Bonchev–Trinajstić information content (AvgIpc) is 3.32. The summed E-state index contributed by atoms with van der Waals surface area (Å²) >= 11 is 0. The van der Waals surface area contributed by atoms with Gasteiger partial charge in [-0.15, -0.1) is 10.2 Å². The number of hydrogen-bond donors (Lipinski definition) is 2. The van der Waals surface area contributed by atoms with Crippen LogP contribution in [0, 0.1) is 0 Å². The lowest BCUT2D eigenvalue weighted by Crippen LogP contribution is -2.20. The van der Waals surface area contributed by atoms with Crippen molar-refractivity contribution in [3.05, 3.63) is 85.2 Å². The second-order valence-electron chi connectivity index (χ2n) is 7.87. The minimum atomic E-state index is -0.305. The van der Waals surface area contributed by atoms with Crippen molar-refractivity contribution >= 4 is 28.8 Å². The molecule has 0 unspecified atom stereocenters. The van der Waals surface area contributed by atoms with E-state index in [9.17, 15) is 9.59 Å². The minimum absolute atomic E-state index is 0.156. The Morgan fingerprint density at radius 3 is 2.44 bits per heavy atom. The van der Waals surface area contributed by atoms with E-state index in [0.29, 0.717) is 34.3 Å². The number of benzene rings is 2. The first-order valence-corrected chi connectivity index (χ1v) is 11.1. The highest BCUT2D eigenvalue weighted by Gasteiger charge is 2.12. The summed E-state index contributed by atoms with van der Waals surface area (Å²) in [6.45, 7) is 1.27. The first-order valence-electron chi connectivity index (χ1n) is 11.1. The van der Waals surface area contributed by atoms with Crippen molar-refractivity contribution in [3.63, 3.8) is 0 Å². The van der Waals surface area contributed by atoms with Crippen LogP contribution in [-0.4, -0.2) is 43.2 Å². The Balaban J connectivity index is 1.28. The van der Waals surface area contributed by atoms with E-state index in [0.717, 1.165) is 11.1 Å². The van der Waals surface area contributed by atoms with Gasteiger partial charge in [0.05, 0.1) is 5.69 Å². The molecule has 0 spiro atoms. The Morgan fingerprint density at radius 2 is 1.67 bits per heavy atom. The fourth-order valence-corrected chi connectivity index (χ4v) is 3.56. The molecule has 3 aromatic heterocycles. The van der Waals surface area contributed by atoms with Crippen LogP contribution in [0.15, 0.2) is 85.2 Å². The molecular weight excluding hydrogens is 458 g/mol. The predicted molar refractivity (Wildman–Crippen MR) is 134 cm³/mol. The molecule has 178 valence electrons. The van der Waals surface area contributed by atoms with Crippen molar-refractivity contribution in [1.29, 1.82) is 0 Å². The maximum atomic E-state index is 12.5. The molecule has 0 fully saturated rings. The van der Waals surface area contributed by atoms with Crippen LogP contribution in [0.3, 0.4) is 0 Å². The number of hydrogen-bond acceptors (Lipinski definition) is 7. The van der Waals surface area contributed by atoms with Gasteiger partial charge >= 0.3 is 0 Å². The van der Waals surface area contributed by atoms with Crippen molar-refractivity contribution in [2.45, 2.75) is 6.92 Å². The Kier molecular flexibility index (Phi) is 6.31. The number of ether oxygens (including phenoxy) is 1. The first-order chi connectivity index (χ1) is 17.5. The van der Waals surface area contributed by atoms with E-state index in [1.54, 1.807) is 47.2 Å². The van der Waals surface area contributed by atoms with Crippen LogP contribution in [0.4, 0.5) is 11.4 Å². The lowest BCUT2D eigenvalue weighted by molar-refractivity contribution is -0.118. The number of anilines is 2. The zero-order chi connectivity index (χ0) is 24.9. The van der Waals surface area contributed by atoms with Crippen LogP contribution in [0.5, 0.6) is 5.75 Å². The molecule has 3 heterocycles. The highest BCUT2D eigenvalue weighted by atomic mass is 16.5. The van der Waals surface area contributed by atoms with Crippen molar-refractivity contribution in [1.82, 2.24) is 24.8 Å². The molecule has 0 saturated carbocycles. The standard InChI is InChI=1S/C26H21N7O3/c1-17(34)28-20-5-7-22(8-6-20)36-16-25(35)29-21-4-2-3-19(15-21)23-9-10-24-30-31-26(33(24)32-23)18-11-13-27-14-12-18/h2-15H,16H2,1H3,(H,28,34)(H,29,35). The van der Waals surface area contributed by atoms with Gasteiger partial charge in [0.25, 0.3) is 5.91 Å². The summed E-state index contributed by atoms with van der Waals surface area (Å²) in [5.41, 5.74) is 4.26. The second kappa shape index (κ2) is 10.0. The maximum absolute atomic E-state index is 12.5. The monoisotopic (exact) mass is 479 g/mol. The first kappa shape index (κ1) is 22.7. The minimum Gasteiger partial charge on any atom is -0.484 e. The van der Waals surface area contributed by atoms with Crippen LogP contribution in [0.25, 0.3) is 28.3 Å². The molecule has 0 saturated heterocycles. The summed E-state index contributed by atoms with van der Waals surface area (Å²) in [6, 6.07) is 21.6. The number of amides is 2. The summed E-state index contributed by atoms with van der Waals surface area (Å²) < 4.78 is 7.23. The Bertz CT molecular complexity index is 1530. The van der Waals surface area contributed by atoms with E-state index in [-0.39, 0.29) is 18.4 Å². The van der Waals surface area contributed by atoms with Gasteiger partial charge in [-0.05, 0) is 60.7 Å². The molecule has 5 rings (SSSR count). The van der Waals surface area contributed by atoms with E-state index >= 15 is 0 Å². The Labute approximate surface area is 206 Å². The molecule has 0 bridgehead atoms. The van der Waals surface area contributed by atoms with E-state index in [1.165, 1.54) is 6.92 Å². The van der Waals surface area contributed by atoms with Crippen molar-refractivity contribution < 1.29 is 14.3 Å². The highest BCUT2D eigenvalue weighted by Crippen LogP contribution is 2.23. The van der Waals surface area contributed by atoms with Gasteiger partial charge in [-0.25, -0.2) is 0 Å². The van der Waals surface area contributed by atoms with Gasteiger partial charge in [0.1, 0.15) is 5.75 Å². The topological polar surface area (TPSA) is 123 Å². The molecule has 0 aliphatic rings. The fourth-order valence-electron chi connectivity index (χ4n) is 3.56. The number of rotatable bonds is 7. The summed E-state index contributed by atoms with van der Waals surface area (Å²) in [5, 5.41) is 18.7. The lowest BCUT2D eigenvalue weighted by Gasteiger charge is -2.10. The van der Waals surface area contributed by atoms with Gasteiger partial charge in [-0.1, -0.05) is 12.1 Å². The second-order valence-corrected chi connectivity index (χ2v) is 7.87. The van der Waals surface area contributed by atoms with Gasteiger partial charge < -0.3 is 15.4 Å². The van der Waals surface area contributed by atoms with Gasteiger partial charge in [-0.3, -0.25) is 14.6 Å². The van der Waals surface area contributed by atoms with Gasteiger partial charge in [0, 0.05) is 41.8 Å². The normalized spacial score (nSPS) is 10.7. The molecule has 5 aromatic rings. The average molecular weight is 480 g/mol. The Hall–Kier alpha value is -5.12. The molecule has 0 radical (unpaired) electrons. The van der Waals surface area contributed by atoms with Crippen LogP contribution in [0.1, 0.15) is 6.92 Å². The van der Waals surface area contributed by atoms with Crippen molar-refractivity contribution in [2.75, 3.05) is 17.2 Å². The zero-order valence-electron chi connectivity index (χ0n) is 19.3. The number of aromatic nitrogens is 5. The third-order valence-corrected chi connectivity index (χ3v) is 5.19. The van der Waals surface area contributed by atoms with Gasteiger partial charge in [0.15, 0.2) is 18.1 Å². The lowest BCUT2D eigenvalue weighted by atomic mass is 10.1. The number of pyridine rings is 1. The number of nitrogens with zero attached hydrogens (tertiary/aromatic N) is 5. The van der Waals surface area contributed by atoms with E-state index in [2.05, 4.69) is 25.8 Å². The molecule has 10 nitrogen and oxygen atoms in total. The van der Waals surface area contributed by atoms with E-state index in [4.69, 9.17) is 9.84 Å². The number of fused-ring (bicyclic) bond motifs is 1. The summed E-state index contributed by atoms with van der Waals surface area (Å²) in [6.07, 6.45) is 3.38. The summed E-state index contributed by atoms with van der Waals surface area (Å²) in [7, 11) is 0. The summed E-state index contributed by atoms with van der Waals surface area (Å²) in [5.74, 6) is 0.668. The molecular formula is C26H21N7O3. The highest BCUT2D eigenvalue weighted by molar-refractivity contribution is 5.92. The van der Waals surface area contributed by atoms with Crippen LogP contribution in [-0.2, 0) is 9.59 Å². The smallest absolute Gasteiger partial charge is 0.262 e. The van der Waals surface area contributed by atoms with Gasteiger partial charge in [-0.2, -0.15) is 9.61 Å². The molecule has 10 heteroatoms. The van der Waals surface area contributed by atoms with E-state index in [1.807, 2.05) is 42.5 Å². The number of nitrogens with one attached hydrogen (secondary N) is 2. The molecule has 2 aromatic carbocycles. The Morgan fingerprint density at radius 1 is 0.861 bits per heavy atom. The van der Waals surface area contributed by atoms with E-state index < -0.39 is 0 Å². The SMILES string of the molecule is CC(=O)Nc1ccc(OCC(=O)Nc2cccc(-c3ccc4nnc(-c5ccncc5)n4n3)c2)cc1. The molecule has 0 aliphatic heterocycles. The van der Waals surface area contributed by atoms with Crippen molar-refractivity contribution in [2.24, 2.45) is 0 Å². The number of carbonyl (C=O) groups is 2. The van der Waals surface area contributed by atoms with Crippen LogP contribution < -0.4 is 15.4 Å². The molecule has 2 N–H and O–H groups in total.